The Morgan fingerprint density at radius 3 is 2.38 bits per heavy atom. The molecule has 1 aliphatic carbocycles. The fourth-order valence-corrected chi connectivity index (χ4v) is 8.09. The van der Waals surface area contributed by atoms with Gasteiger partial charge in [-0.3, -0.25) is 20.0 Å². The minimum atomic E-state index is -0.618. The van der Waals surface area contributed by atoms with Crippen molar-refractivity contribution in [1.82, 2.24) is 21.2 Å². The van der Waals surface area contributed by atoms with Gasteiger partial charge in [-0.15, -0.1) is 4.70 Å². The maximum atomic E-state index is 14.7. The largest absolute Gasteiger partial charge is 0.345 e. The zero-order valence-corrected chi connectivity index (χ0v) is 30.3. The molecule has 2 aromatic rings. The van der Waals surface area contributed by atoms with Crippen LogP contribution in [0.4, 0.5) is 0 Å². The predicted molar refractivity (Wildman–Crippen MR) is 192 cm³/mol. The molecule has 2 aromatic carbocycles. The average Bonchev–Trinajstić information content (AvgIpc) is 3.74. The van der Waals surface area contributed by atoms with Crippen LogP contribution in [0.2, 0.25) is 5.02 Å². The lowest BCUT2D eigenvalue weighted by atomic mass is 9.69. The number of amidine groups is 1. The molecule has 48 heavy (non-hydrogen) atoms. The molecule has 2 amide bonds. The maximum Gasteiger partial charge on any atom is 0.275 e. The molecule has 0 radical (unpaired) electrons. The van der Waals surface area contributed by atoms with Gasteiger partial charge in [0, 0.05) is 29.0 Å². The number of quaternary nitrogens is 1. The number of carbonyl (C=O) groups excluding carboxylic acids is 2. The van der Waals surface area contributed by atoms with Gasteiger partial charge in [-0.05, 0) is 95.7 Å². The van der Waals surface area contributed by atoms with E-state index in [1.165, 1.54) is 0 Å². The molecule has 6 rings (SSSR count). The van der Waals surface area contributed by atoms with E-state index in [1.54, 1.807) is 0 Å². The van der Waals surface area contributed by atoms with Crippen LogP contribution in [-0.4, -0.2) is 58.3 Å². The molecule has 0 aromatic heterocycles. The van der Waals surface area contributed by atoms with Gasteiger partial charge >= 0.3 is 0 Å². The van der Waals surface area contributed by atoms with Crippen molar-refractivity contribution in [2.75, 3.05) is 19.6 Å². The van der Waals surface area contributed by atoms with Gasteiger partial charge in [0.25, 0.3) is 11.8 Å². The SMILES string of the molecule is CC(C)(C)CC[C@H](c1ccc(C(=O)NCC2=N[N+]3(CCCC3)NN2)cc1)N1C(=O)C(c2cccc(Cl)c2)=NC12CCC(C(C)(C)C)CC2. The van der Waals surface area contributed by atoms with E-state index in [4.69, 9.17) is 21.7 Å². The van der Waals surface area contributed by atoms with Gasteiger partial charge in [-0.2, -0.15) is 0 Å². The lowest BCUT2D eigenvalue weighted by Gasteiger charge is -2.47. The van der Waals surface area contributed by atoms with Crippen LogP contribution < -0.4 is 16.3 Å². The van der Waals surface area contributed by atoms with E-state index in [1.807, 2.05) is 48.5 Å². The Hall–Kier alpha value is -3.27. The van der Waals surface area contributed by atoms with Gasteiger partial charge in [-0.1, -0.05) is 77.4 Å². The van der Waals surface area contributed by atoms with Crippen LogP contribution in [-0.2, 0) is 4.79 Å². The first-order valence-corrected chi connectivity index (χ1v) is 18.1. The second-order valence-corrected chi connectivity index (χ2v) is 17.0. The number of carbonyl (C=O) groups is 2. The number of rotatable bonds is 8. The Kier molecular flexibility index (Phi) is 9.52. The van der Waals surface area contributed by atoms with Crippen molar-refractivity contribution < 1.29 is 14.3 Å². The van der Waals surface area contributed by atoms with E-state index in [0.717, 1.165) is 81.4 Å². The smallest absolute Gasteiger partial charge is 0.275 e. The highest BCUT2D eigenvalue weighted by molar-refractivity contribution is 6.47. The Morgan fingerprint density at radius 1 is 1.06 bits per heavy atom. The lowest BCUT2D eigenvalue weighted by Crippen LogP contribution is -2.52. The highest BCUT2D eigenvalue weighted by Gasteiger charge is 2.52. The van der Waals surface area contributed by atoms with Crippen LogP contribution in [0.15, 0.2) is 58.6 Å². The molecule has 4 aliphatic rings. The number of nitrogens with one attached hydrogen (secondary N) is 3. The minimum absolute atomic E-state index is 0.0379. The number of halogens is 1. The molecule has 2 spiro atoms. The minimum Gasteiger partial charge on any atom is -0.345 e. The summed E-state index contributed by atoms with van der Waals surface area (Å²) in [5, 5.41) is 8.38. The molecule has 10 heteroatoms. The molecular formula is C38H53ClN7O2+. The molecule has 1 saturated carbocycles. The molecule has 3 aliphatic heterocycles. The third-order valence-electron chi connectivity index (χ3n) is 10.8. The molecule has 0 bridgehead atoms. The molecule has 1 atom stereocenters. The topological polar surface area (TPSA) is 98.2 Å². The van der Waals surface area contributed by atoms with Crippen LogP contribution >= 0.6 is 11.6 Å². The molecule has 1 saturated heterocycles. The van der Waals surface area contributed by atoms with Crippen molar-refractivity contribution in [1.29, 1.82) is 0 Å². The lowest BCUT2D eigenvalue weighted by molar-refractivity contribution is -0.963. The van der Waals surface area contributed by atoms with Gasteiger partial charge in [0.05, 0.1) is 12.6 Å². The molecular weight excluding hydrogens is 622 g/mol. The van der Waals surface area contributed by atoms with E-state index in [0.29, 0.717) is 33.5 Å². The summed E-state index contributed by atoms with van der Waals surface area (Å²) in [5.74, 6) is 1.11. The first kappa shape index (κ1) is 34.6. The van der Waals surface area contributed by atoms with Crippen molar-refractivity contribution in [2.45, 2.75) is 105 Å². The first-order chi connectivity index (χ1) is 22.7. The molecule has 0 unspecified atom stereocenters. The van der Waals surface area contributed by atoms with Gasteiger partial charge in [-0.25, -0.2) is 0 Å². The number of hydrogen-bond acceptors (Lipinski definition) is 6. The summed E-state index contributed by atoms with van der Waals surface area (Å²) >= 11 is 6.41. The van der Waals surface area contributed by atoms with Crippen LogP contribution in [0, 0.1) is 16.7 Å². The normalized spacial score (nSPS) is 24.5. The summed E-state index contributed by atoms with van der Waals surface area (Å²) < 4.78 is 0.492. The zero-order chi connectivity index (χ0) is 34.3. The molecule has 9 nitrogen and oxygen atoms in total. The fourth-order valence-electron chi connectivity index (χ4n) is 7.90. The Morgan fingerprint density at radius 2 is 1.75 bits per heavy atom. The van der Waals surface area contributed by atoms with Gasteiger partial charge < -0.3 is 10.2 Å². The number of aliphatic imine (C=N–C) groups is 1. The number of hydrazine groups is 1. The van der Waals surface area contributed by atoms with Crippen molar-refractivity contribution in [3.05, 3.63) is 70.2 Å². The van der Waals surface area contributed by atoms with Crippen molar-refractivity contribution in [3.8, 4) is 0 Å². The zero-order valence-electron chi connectivity index (χ0n) is 29.5. The highest BCUT2D eigenvalue weighted by Crippen LogP contribution is 2.50. The fraction of sp³-hybridized carbons (Fsp3) is 0.579. The summed E-state index contributed by atoms with van der Waals surface area (Å²) in [6.07, 6.45) is 7.67. The first-order valence-electron chi connectivity index (χ1n) is 17.7. The Balaban J connectivity index is 1.27. The van der Waals surface area contributed by atoms with E-state index in [-0.39, 0.29) is 28.7 Å². The van der Waals surface area contributed by atoms with Crippen molar-refractivity contribution in [2.24, 2.45) is 26.8 Å². The second kappa shape index (κ2) is 13.2. The molecule has 2 fully saturated rings. The highest BCUT2D eigenvalue weighted by atomic mass is 35.5. The quantitative estimate of drug-likeness (QED) is 0.259. The second-order valence-electron chi connectivity index (χ2n) is 16.5. The monoisotopic (exact) mass is 674 g/mol. The van der Waals surface area contributed by atoms with Gasteiger partial charge in [0.1, 0.15) is 24.5 Å². The van der Waals surface area contributed by atoms with Crippen molar-refractivity contribution in [3.63, 3.8) is 0 Å². The van der Waals surface area contributed by atoms with Gasteiger partial charge in [0.15, 0.2) is 5.84 Å². The number of amides is 2. The van der Waals surface area contributed by atoms with Crippen LogP contribution in [0.1, 0.15) is 120 Å². The van der Waals surface area contributed by atoms with Gasteiger partial charge in [0.2, 0.25) is 0 Å². The predicted octanol–water partition coefficient (Wildman–Crippen LogP) is 7.15. The molecule has 258 valence electrons. The summed E-state index contributed by atoms with van der Waals surface area (Å²) in [5.41, 5.74) is 8.92. The summed E-state index contributed by atoms with van der Waals surface area (Å²) in [7, 11) is 0. The van der Waals surface area contributed by atoms with Crippen LogP contribution in [0.3, 0.4) is 0 Å². The standard InChI is InChI=1S/C38H52ClN7O2/c1-36(2,3)19-18-31(26-12-14-27(15-13-26)34(47)40-25-32-42-44-46(43-32)22-7-8-23-46)45-35(48)33(28-10-9-11-30(39)24-28)41-38(45)20-16-29(17-21-38)37(4,5)6/h9-15,24,29,31H,7-8,16-23,25H2,1-6H3,(H2-,40,41,42,43,44,47,48)/p+1/t29?,31-,38?/m1/s1. The third-order valence-corrected chi connectivity index (χ3v) is 11.0. The summed E-state index contributed by atoms with van der Waals surface area (Å²) in [4.78, 5) is 35.3. The Bertz CT molecular complexity index is 1570. The molecule has 3 N–H and O–H groups in total. The molecule has 3 heterocycles. The average molecular weight is 675 g/mol. The number of nitrogens with zero attached hydrogens (tertiary/aromatic N) is 4. The van der Waals surface area contributed by atoms with Crippen LogP contribution in [0.5, 0.6) is 0 Å². The summed E-state index contributed by atoms with van der Waals surface area (Å²) in [6, 6.07) is 15.1. The van der Waals surface area contributed by atoms with E-state index in [9.17, 15) is 9.59 Å². The van der Waals surface area contributed by atoms with E-state index >= 15 is 0 Å². The van der Waals surface area contributed by atoms with E-state index in [2.05, 4.69) is 62.7 Å². The maximum absolute atomic E-state index is 14.7. The Labute approximate surface area is 291 Å². The third kappa shape index (κ3) is 7.33. The summed E-state index contributed by atoms with van der Waals surface area (Å²) in [6.45, 7) is 15.9. The van der Waals surface area contributed by atoms with Crippen LogP contribution in [0.25, 0.3) is 0 Å². The van der Waals surface area contributed by atoms with E-state index < -0.39 is 5.66 Å². The van der Waals surface area contributed by atoms with Crippen molar-refractivity contribution >= 4 is 35.0 Å². The number of benzene rings is 2. The number of hydrogen-bond donors (Lipinski definition) is 3.